The van der Waals surface area contributed by atoms with E-state index in [9.17, 15) is 9.59 Å². The Morgan fingerprint density at radius 1 is 0.906 bits per heavy atom. The number of nitrogens with one attached hydrogen (secondary N) is 1. The minimum Gasteiger partial charge on any atom is -0.444 e. The van der Waals surface area contributed by atoms with E-state index < -0.39 is 12.0 Å². The summed E-state index contributed by atoms with van der Waals surface area (Å²) in [6, 6.07) is 20.2. The number of pyridine rings is 1. The molecule has 0 saturated carbocycles. The van der Waals surface area contributed by atoms with Gasteiger partial charge >= 0.3 is 6.09 Å². The second kappa shape index (κ2) is 12.2. The number of rotatable bonds is 6. The van der Waals surface area contributed by atoms with Gasteiger partial charge in [-0.15, -0.1) is 0 Å². The van der Waals surface area contributed by atoms with Gasteiger partial charge in [0.15, 0.2) is 0 Å². The van der Waals surface area contributed by atoms with Crippen LogP contribution in [-0.4, -0.2) is 35.0 Å². The van der Waals surface area contributed by atoms with E-state index in [0.717, 1.165) is 25.2 Å². The topological polar surface area (TPSA) is 97.6 Å². The zero-order chi connectivity index (χ0) is 22.6. The van der Waals surface area contributed by atoms with Gasteiger partial charge in [0.2, 0.25) is 5.91 Å². The lowest BCUT2D eigenvalue weighted by Gasteiger charge is -2.14. The highest BCUT2D eigenvalue weighted by atomic mass is 16.5. The van der Waals surface area contributed by atoms with Crippen LogP contribution >= 0.6 is 0 Å². The van der Waals surface area contributed by atoms with Gasteiger partial charge in [-0.05, 0) is 73.5 Å². The van der Waals surface area contributed by atoms with Crippen molar-refractivity contribution in [2.75, 3.05) is 18.4 Å². The molecule has 2 aromatic carbocycles. The molecule has 1 aromatic heterocycles. The lowest BCUT2D eigenvalue weighted by Crippen LogP contribution is -2.18. The molecule has 1 saturated heterocycles. The Morgan fingerprint density at radius 2 is 1.53 bits per heavy atom. The number of ether oxygens (including phenoxy) is 1. The number of hydrogen-bond acceptors (Lipinski definition) is 5. The van der Waals surface area contributed by atoms with E-state index in [1.54, 1.807) is 36.7 Å². The summed E-state index contributed by atoms with van der Waals surface area (Å²) in [4.78, 5) is 29.2. The number of amides is 2. The van der Waals surface area contributed by atoms with Crippen LogP contribution in [0.25, 0.3) is 0 Å². The van der Waals surface area contributed by atoms with Crippen molar-refractivity contribution in [2.45, 2.75) is 26.0 Å². The summed E-state index contributed by atoms with van der Waals surface area (Å²) in [5.74, 6) is -0.483. The normalized spacial score (nSPS) is 13.0. The fraction of sp³-hybridized carbons (Fsp3) is 0.240. The number of aromatic nitrogens is 1. The maximum Gasteiger partial charge on any atom is 0.411 e. The SMILES string of the molecule is NC(=O)c1ccc(COC(=O)Nc2ccc(CN3CCCC3)cc2)cc1.c1ccncc1. The summed E-state index contributed by atoms with van der Waals surface area (Å²) in [5, 5.41) is 2.71. The van der Waals surface area contributed by atoms with E-state index in [1.165, 1.54) is 18.4 Å². The number of primary amides is 1. The quantitative estimate of drug-likeness (QED) is 0.608. The van der Waals surface area contributed by atoms with Crippen molar-refractivity contribution in [3.63, 3.8) is 0 Å². The molecule has 0 unspecified atom stereocenters. The van der Waals surface area contributed by atoms with Crippen molar-refractivity contribution < 1.29 is 14.3 Å². The van der Waals surface area contributed by atoms with E-state index in [2.05, 4.69) is 15.2 Å². The molecular weight excluding hydrogens is 404 g/mol. The third-order valence-electron chi connectivity index (χ3n) is 4.98. The number of nitrogens with two attached hydrogens (primary N) is 1. The molecule has 1 aliphatic rings. The average Bonchev–Trinajstić information content (AvgIpc) is 3.34. The molecule has 0 spiro atoms. The first kappa shape index (κ1) is 23.0. The van der Waals surface area contributed by atoms with Crippen molar-refractivity contribution in [1.82, 2.24) is 9.88 Å². The molecule has 32 heavy (non-hydrogen) atoms. The van der Waals surface area contributed by atoms with Crippen molar-refractivity contribution in [2.24, 2.45) is 5.73 Å². The summed E-state index contributed by atoms with van der Waals surface area (Å²) >= 11 is 0. The van der Waals surface area contributed by atoms with Gasteiger partial charge in [0.25, 0.3) is 0 Å². The van der Waals surface area contributed by atoms with Crippen LogP contribution in [0.3, 0.4) is 0 Å². The molecule has 166 valence electrons. The van der Waals surface area contributed by atoms with Gasteiger partial charge in [-0.2, -0.15) is 0 Å². The molecule has 2 heterocycles. The second-order valence-electron chi connectivity index (χ2n) is 7.47. The zero-order valence-corrected chi connectivity index (χ0v) is 17.9. The fourth-order valence-corrected chi connectivity index (χ4v) is 3.27. The van der Waals surface area contributed by atoms with E-state index in [-0.39, 0.29) is 6.61 Å². The van der Waals surface area contributed by atoms with Crippen LogP contribution in [0.15, 0.2) is 79.1 Å². The molecule has 0 bridgehead atoms. The van der Waals surface area contributed by atoms with Crippen LogP contribution in [0.1, 0.15) is 34.3 Å². The lowest BCUT2D eigenvalue weighted by atomic mass is 10.1. The lowest BCUT2D eigenvalue weighted by molar-refractivity contribution is 0.1000. The molecule has 1 aliphatic heterocycles. The zero-order valence-electron chi connectivity index (χ0n) is 17.9. The molecule has 7 nitrogen and oxygen atoms in total. The number of likely N-dealkylation sites (tertiary alicyclic amines) is 1. The second-order valence-corrected chi connectivity index (χ2v) is 7.47. The highest BCUT2D eigenvalue weighted by molar-refractivity contribution is 5.92. The summed E-state index contributed by atoms with van der Waals surface area (Å²) in [5.41, 5.74) is 8.33. The van der Waals surface area contributed by atoms with Crippen molar-refractivity contribution >= 4 is 17.7 Å². The molecular formula is C25H28N4O3. The van der Waals surface area contributed by atoms with Crippen LogP contribution < -0.4 is 11.1 Å². The predicted octanol–water partition coefficient (Wildman–Crippen LogP) is 4.21. The van der Waals surface area contributed by atoms with E-state index in [1.807, 2.05) is 42.5 Å². The van der Waals surface area contributed by atoms with Crippen molar-refractivity contribution in [3.8, 4) is 0 Å². The molecule has 0 atom stereocenters. The molecule has 2 amide bonds. The van der Waals surface area contributed by atoms with Crippen molar-refractivity contribution in [3.05, 3.63) is 95.8 Å². The van der Waals surface area contributed by atoms with Crippen LogP contribution in [0.5, 0.6) is 0 Å². The maximum atomic E-state index is 11.9. The van der Waals surface area contributed by atoms with Crippen molar-refractivity contribution in [1.29, 1.82) is 0 Å². The first-order chi connectivity index (χ1) is 15.6. The standard InChI is InChI=1S/C20H23N3O3.C5H5N/c21-19(24)17-7-3-16(4-8-17)14-26-20(25)22-18-9-5-15(6-10-18)13-23-11-1-2-12-23;1-2-4-6-5-3-1/h3-10H,1-2,11-14H2,(H2,21,24)(H,22,25);1-5H. The van der Waals surface area contributed by atoms with Gasteiger partial charge in [0.05, 0.1) is 0 Å². The van der Waals surface area contributed by atoms with Gasteiger partial charge in [-0.3, -0.25) is 20.0 Å². The Bertz CT molecular complexity index is 944. The Morgan fingerprint density at radius 3 is 2.06 bits per heavy atom. The Hall–Kier alpha value is -3.71. The first-order valence-corrected chi connectivity index (χ1v) is 10.6. The number of anilines is 1. The number of carbonyl (C=O) groups excluding carboxylic acids is 2. The number of nitrogens with zero attached hydrogens (tertiary/aromatic N) is 2. The highest BCUT2D eigenvalue weighted by Crippen LogP contribution is 2.15. The van der Waals surface area contributed by atoms with E-state index >= 15 is 0 Å². The molecule has 4 rings (SSSR count). The summed E-state index contributed by atoms with van der Waals surface area (Å²) in [6.07, 6.45) is 5.53. The summed E-state index contributed by atoms with van der Waals surface area (Å²) < 4.78 is 5.20. The highest BCUT2D eigenvalue weighted by Gasteiger charge is 2.11. The molecule has 0 radical (unpaired) electrons. The minimum absolute atomic E-state index is 0.123. The number of hydrogen-bond donors (Lipinski definition) is 2. The van der Waals surface area contributed by atoms with Gasteiger partial charge in [0, 0.05) is 30.2 Å². The minimum atomic E-state index is -0.517. The van der Waals surface area contributed by atoms with Crippen LogP contribution in [-0.2, 0) is 17.9 Å². The van der Waals surface area contributed by atoms with Crippen LogP contribution in [0, 0.1) is 0 Å². The first-order valence-electron chi connectivity index (χ1n) is 10.6. The molecule has 3 aromatic rings. The maximum absolute atomic E-state index is 11.9. The molecule has 0 aliphatic carbocycles. The largest absolute Gasteiger partial charge is 0.444 e. The molecule has 7 heteroatoms. The van der Waals surface area contributed by atoms with Gasteiger partial charge in [0.1, 0.15) is 6.61 Å². The third kappa shape index (κ3) is 7.85. The summed E-state index contributed by atoms with van der Waals surface area (Å²) in [6.45, 7) is 3.39. The smallest absolute Gasteiger partial charge is 0.411 e. The fourth-order valence-electron chi connectivity index (χ4n) is 3.27. The summed E-state index contributed by atoms with van der Waals surface area (Å²) in [7, 11) is 0. The Labute approximate surface area is 188 Å². The third-order valence-corrected chi connectivity index (χ3v) is 4.98. The Balaban J connectivity index is 0.000000416. The van der Waals surface area contributed by atoms with Crippen LogP contribution in [0.2, 0.25) is 0 Å². The number of benzene rings is 2. The van der Waals surface area contributed by atoms with Crippen LogP contribution in [0.4, 0.5) is 10.5 Å². The molecule has 3 N–H and O–H groups in total. The van der Waals surface area contributed by atoms with Gasteiger partial charge in [-0.25, -0.2) is 4.79 Å². The molecule has 1 fully saturated rings. The average molecular weight is 433 g/mol. The number of carbonyl (C=O) groups is 2. The van der Waals surface area contributed by atoms with Gasteiger partial charge in [-0.1, -0.05) is 30.3 Å². The van der Waals surface area contributed by atoms with E-state index in [4.69, 9.17) is 10.5 Å². The monoisotopic (exact) mass is 432 g/mol. The van der Waals surface area contributed by atoms with E-state index in [0.29, 0.717) is 11.3 Å². The van der Waals surface area contributed by atoms with Gasteiger partial charge < -0.3 is 10.5 Å². The Kier molecular flexibility index (Phi) is 8.77. The predicted molar refractivity (Wildman–Crippen MR) is 124 cm³/mol.